The molecule has 0 aromatic carbocycles. The van der Waals surface area contributed by atoms with Gasteiger partial charge in [0.25, 0.3) is 0 Å². The molecule has 0 fully saturated rings. The molecule has 0 aliphatic carbocycles. The van der Waals surface area contributed by atoms with Gasteiger partial charge in [0.1, 0.15) is 0 Å². The van der Waals surface area contributed by atoms with Crippen molar-refractivity contribution in [1.29, 1.82) is 0 Å². The summed E-state index contributed by atoms with van der Waals surface area (Å²) in [6, 6.07) is -0.540. The molecule has 2 unspecified atom stereocenters. The highest BCUT2D eigenvalue weighted by Gasteiger charge is 2.20. The van der Waals surface area contributed by atoms with Gasteiger partial charge in [-0.2, -0.15) is 0 Å². The first kappa shape index (κ1) is 68.3. The van der Waals surface area contributed by atoms with Crippen LogP contribution in [0.2, 0.25) is 0 Å². The van der Waals surface area contributed by atoms with Gasteiger partial charge in [0.2, 0.25) is 5.91 Å². The SMILES string of the molecule is CCCCCC/C=C\C/C=C\CCCCCCCCCC(=O)OCCCCCCCCCCCCCCCCCCCCCCCCCC(=O)NC(CO)C(O)CCCCCCCCCCCCCC. The maximum Gasteiger partial charge on any atom is 0.305 e. The van der Waals surface area contributed by atoms with Crippen LogP contribution >= 0.6 is 0 Å². The van der Waals surface area contributed by atoms with E-state index < -0.39 is 12.1 Å². The first-order valence-corrected chi connectivity index (χ1v) is 31.6. The van der Waals surface area contributed by atoms with E-state index in [4.69, 9.17) is 4.74 Å². The Labute approximate surface area is 437 Å². The average Bonchev–Trinajstić information content (AvgIpc) is 3.36. The number of carbonyl (C=O) groups excluding carboxylic acids is 2. The zero-order valence-electron chi connectivity index (χ0n) is 47.3. The summed E-state index contributed by atoms with van der Waals surface area (Å²) in [7, 11) is 0. The number of rotatable bonds is 59. The van der Waals surface area contributed by atoms with Crippen LogP contribution in [0.3, 0.4) is 0 Å². The van der Waals surface area contributed by atoms with Crippen molar-refractivity contribution in [2.45, 2.75) is 360 Å². The summed E-state index contributed by atoms with van der Waals surface area (Å²) in [5.41, 5.74) is 0. The molecule has 414 valence electrons. The Morgan fingerprint density at radius 2 is 0.714 bits per heavy atom. The minimum Gasteiger partial charge on any atom is -0.466 e. The van der Waals surface area contributed by atoms with Gasteiger partial charge >= 0.3 is 5.97 Å². The topological polar surface area (TPSA) is 95.9 Å². The van der Waals surface area contributed by atoms with E-state index in [2.05, 4.69) is 43.5 Å². The molecule has 0 aliphatic heterocycles. The lowest BCUT2D eigenvalue weighted by molar-refractivity contribution is -0.143. The van der Waals surface area contributed by atoms with E-state index in [1.54, 1.807) is 0 Å². The van der Waals surface area contributed by atoms with Gasteiger partial charge in [0.05, 0.1) is 25.4 Å². The summed E-state index contributed by atoms with van der Waals surface area (Å²) < 4.78 is 5.49. The highest BCUT2D eigenvalue weighted by atomic mass is 16.5. The van der Waals surface area contributed by atoms with Crippen molar-refractivity contribution >= 4 is 11.9 Å². The van der Waals surface area contributed by atoms with E-state index in [0.717, 1.165) is 51.4 Å². The Hall–Kier alpha value is -1.66. The Morgan fingerprint density at radius 3 is 1.10 bits per heavy atom. The Bertz CT molecular complexity index is 1090. The molecule has 0 spiro atoms. The van der Waals surface area contributed by atoms with Gasteiger partial charge in [0.15, 0.2) is 0 Å². The fourth-order valence-corrected chi connectivity index (χ4v) is 9.91. The van der Waals surface area contributed by atoms with Crippen LogP contribution < -0.4 is 5.32 Å². The van der Waals surface area contributed by atoms with Crippen LogP contribution in [0.4, 0.5) is 0 Å². The van der Waals surface area contributed by atoms with E-state index >= 15 is 0 Å². The molecule has 70 heavy (non-hydrogen) atoms. The number of aliphatic hydroxyl groups is 2. The molecule has 0 rings (SSSR count). The maximum absolute atomic E-state index is 12.5. The van der Waals surface area contributed by atoms with E-state index in [1.807, 2.05) is 0 Å². The third-order valence-corrected chi connectivity index (χ3v) is 14.8. The molecule has 6 heteroatoms. The Morgan fingerprint density at radius 1 is 0.400 bits per heavy atom. The first-order valence-electron chi connectivity index (χ1n) is 31.6. The summed E-state index contributed by atoms with van der Waals surface area (Å²) in [6.45, 7) is 4.95. The molecule has 2 atom stereocenters. The summed E-state index contributed by atoms with van der Waals surface area (Å²) in [6.07, 6.45) is 73.3. The zero-order valence-corrected chi connectivity index (χ0v) is 47.3. The Balaban J connectivity index is 3.35. The third-order valence-electron chi connectivity index (χ3n) is 14.8. The summed E-state index contributed by atoms with van der Waals surface area (Å²) in [4.78, 5) is 24.5. The largest absolute Gasteiger partial charge is 0.466 e. The van der Waals surface area contributed by atoms with Crippen LogP contribution in [0.1, 0.15) is 348 Å². The predicted octanol–water partition coefficient (Wildman–Crippen LogP) is 19.8. The molecular weight excluding hydrogens is 863 g/mol. The second kappa shape index (κ2) is 59.9. The van der Waals surface area contributed by atoms with E-state index in [-0.39, 0.29) is 18.5 Å². The van der Waals surface area contributed by atoms with Crippen LogP contribution in [0.15, 0.2) is 24.3 Å². The van der Waals surface area contributed by atoms with Gasteiger partial charge in [-0.3, -0.25) is 9.59 Å². The summed E-state index contributed by atoms with van der Waals surface area (Å²) in [5, 5.41) is 23.2. The van der Waals surface area contributed by atoms with E-state index in [1.165, 1.54) is 263 Å². The van der Waals surface area contributed by atoms with Crippen molar-refractivity contribution < 1.29 is 24.5 Å². The molecule has 0 heterocycles. The number of aliphatic hydroxyl groups excluding tert-OH is 2. The summed E-state index contributed by atoms with van der Waals surface area (Å²) in [5.74, 6) is -0.0263. The molecule has 0 saturated heterocycles. The number of hydrogen-bond donors (Lipinski definition) is 3. The van der Waals surface area contributed by atoms with Gasteiger partial charge in [-0.1, -0.05) is 301 Å². The molecule has 0 aliphatic rings. The molecule has 3 N–H and O–H groups in total. The van der Waals surface area contributed by atoms with Crippen molar-refractivity contribution in [1.82, 2.24) is 5.32 Å². The molecule has 0 aromatic rings. The van der Waals surface area contributed by atoms with Gasteiger partial charge in [-0.05, 0) is 57.8 Å². The van der Waals surface area contributed by atoms with Crippen molar-refractivity contribution in [3.63, 3.8) is 0 Å². The molecule has 6 nitrogen and oxygen atoms in total. The van der Waals surface area contributed by atoms with Crippen LogP contribution in [-0.2, 0) is 14.3 Å². The number of hydrogen-bond acceptors (Lipinski definition) is 5. The number of unbranched alkanes of at least 4 members (excludes halogenated alkanes) is 44. The number of carbonyl (C=O) groups is 2. The van der Waals surface area contributed by atoms with Gasteiger partial charge in [0, 0.05) is 12.8 Å². The van der Waals surface area contributed by atoms with Crippen LogP contribution in [0, 0.1) is 0 Å². The first-order chi connectivity index (χ1) is 34.5. The fourth-order valence-electron chi connectivity index (χ4n) is 9.91. The summed E-state index contributed by atoms with van der Waals surface area (Å²) >= 11 is 0. The van der Waals surface area contributed by atoms with Crippen molar-refractivity contribution in [3.05, 3.63) is 24.3 Å². The smallest absolute Gasteiger partial charge is 0.305 e. The van der Waals surface area contributed by atoms with Gasteiger partial charge in [-0.25, -0.2) is 0 Å². The number of allylic oxidation sites excluding steroid dienone is 4. The highest BCUT2D eigenvalue weighted by molar-refractivity contribution is 5.76. The fraction of sp³-hybridized carbons (Fsp3) is 0.906. The molecule has 0 bridgehead atoms. The van der Waals surface area contributed by atoms with Gasteiger partial charge < -0.3 is 20.3 Å². The van der Waals surface area contributed by atoms with Gasteiger partial charge in [-0.15, -0.1) is 0 Å². The molecule has 0 radical (unpaired) electrons. The normalized spacial score (nSPS) is 12.7. The lowest BCUT2D eigenvalue weighted by atomic mass is 10.0. The molecular formula is C64H123NO5. The van der Waals surface area contributed by atoms with Crippen LogP contribution in [0.5, 0.6) is 0 Å². The minimum atomic E-state index is -0.662. The number of nitrogens with one attached hydrogen (secondary N) is 1. The van der Waals surface area contributed by atoms with Crippen molar-refractivity contribution in [2.75, 3.05) is 13.2 Å². The van der Waals surface area contributed by atoms with E-state index in [9.17, 15) is 19.8 Å². The quantitative estimate of drug-likeness (QED) is 0.0321. The maximum atomic E-state index is 12.5. The highest BCUT2D eigenvalue weighted by Crippen LogP contribution is 2.18. The minimum absolute atomic E-state index is 0.00746. The lowest BCUT2D eigenvalue weighted by Gasteiger charge is -2.22. The predicted molar refractivity (Wildman–Crippen MR) is 306 cm³/mol. The standard InChI is InChI=1S/C64H123NO5/c1-3-5-7-9-11-13-15-17-18-19-28-31-34-38-42-46-50-54-58-64(69)70-59-55-51-47-43-39-35-32-29-26-24-22-20-21-23-25-27-30-33-37-41-45-49-53-57-63(68)65-61(60-66)62(67)56-52-48-44-40-36-16-14-12-10-8-6-4-2/h13,15,18-19,61-62,66-67H,3-12,14,16-17,20-60H2,1-2H3,(H,65,68)/b15-13-,19-18-. The second-order valence-electron chi connectivity index (χ2n) is 21.7. The lowest BCUT2D eigenvalue weighted by Crippen LogP contribution is -2.45. The van der Waals surface area contributed by atoms with Crippen molar-refractivity contribution in [2.24, 2.45) is 0 Å². The molecule has 1 amide bonds. The molecule has 0 aromatic heterocycles. The van der Waals surface area contributed by atoms with Crippen molar-refractivity contribution in [3.8, 4) is 0 Å². The second-order valence-corrected chi connectivity index (χ2v) is 21.7. The van der Waals surface area contributed by atoms with E-state index in [0.29, 0.717) is 25.9 Å². The number of esters is 1. The average molecular weight is 987 g/mol. The zero-order chi connectivity index (χ0) is 50.7. The number of amides is 1. The van der Waals surface area contributed by atoms with Crippen LogP contribution in [0.25, 0.3) is 0 Å². The van der Waals surface area contributed by atoms with Crippen LogP contribution in [-0.4, -0.2) is 47.4 Å². The Kier molecular flexibility index (Phi) is 58.5. The molecule has 0 saturated carbocycles. The number of ether oxygens (including phenoxy) is 1. The monoisotopic (exact) mass is 986 g/mol. The third kappa shape index (κ3) is 55.7.